The quantitative estimate of drug-likeness (QED) is 0.863. The van der Waals surface area contributed by atoms with Gasteiger partial charge in [-0.05, 0) is 5.56 Å². The minimum absolute atomic E-state index is 0.0190. The third kappa shape index (κ3) is 3.52. The van der Waals surface area contributed by atoms with E-state index in [0.29, 0.717) is 26.2 Å². The third-order valence-corrected chi connectivity index (χ3v) is 3.67. The van der Waals surface area contributed by atoms with Gasteiger partial charge in [0, 0.05) is 40.3 Å². The largest absolute Gasteiger partial charge is 0.337 e. The van der Waals surface area contributed by atoms with Crippen LogP contribution in [0.25, 0.3) is 0 Å². The number of nitrogens with two attached hydrogens (primary N) is 1. The molecule has 21 heavy (non-hydrogen) atoms. The van der Waals surface area contributed by atoms with Crippen LogP contribution in [-0.4, -0.2) is 66.9 Å². The minimum Gasteiger partial charge on any atom is -0.337 e. The number of carbonyl (C=O) groups excluding carboxylic acids is 2. The molecule has 0 aromatic heterocycles. The van der Waals surface area contributed by atoms with Crippen LogP contribution in [0.2, 0.25) is 0 Å². The Balaban J connectivity index is 1.93. The van der Waals surface area contributed by atoms with Crippen LogP contribution >= 0.6 is 0 Å². The van der Waals surface area contributed by atoms with E-state index in [2.05, 4.69) is 0 Å². The van der Waals surface area contributed by atoms with Crippen LogP contribution in [0, 0.1) is 0 Å². The molecule has 3 amide bonds. The molecule has 1 aliphatic rings. The number of rotatable bonds is 2. The molecule has 1 aliphatic heterocycles. The van der Waals surface area contributed by atoms with Crippen LogP contribution in [0.3, 0.4) is 0 Å². The zero-order valence-corrected chi connectivity index (χ0v) is 12.5. The van der Waals surface area contributed by atoms with E-state index in [9.17, 15) is 9.59 Å². The van der Waals surface area contributed by atoms with Gasteiger partial charge in [0.05, 0.1) is 0 Å². The third-order valence-electron chi connectivity index (χ3n) is 3.67. The van der Waals surface area contributed by atoms with E-state index in [1.807, 2.05) is 30.3 Å². The van der Waals surface area contributed by atoms with Crippen molar-refractivity contribution in [3.63, 3.8) is 0 Å². The normalized spacial score (nSPS) is 16.5. The second kappa shape index (κ2) is 6.58. The molecule has 2 rings (SSSR count). The first-order valence-corrected chi connectivity index (χ1v) is 7.06. The molecule has 1 heterocycles. The van der Waals surface area contributed by atoms with Gasteiger partial charge in [-0.1, -0.05) is 30.3 Å². The molecule has 1 saturated heterocycles. The molecule has 1 aromatic carbocycles. The van der Waals surface area contributed by atoms with E-state index in [-0.39, 0.29) is 11.9 Å². The molecule has 1 atom stereocenters. The van der Waals surface area contributed by atoms with Crippen LogP contribution in [0.4, 0.5) is 4.79 Å². The molecule has 0 aliphatic carbocycles. The Morgan fingerprint density at radius 1 is 1.05 bits per heavy atom. The first-order chi connectivity index (χ1) is 10.0. The van der Waals surface area contributed by atoms with E-state index in [0.717, 1.165) is 5.56 Å². The highest BCUT2D eigenvalue weighted by molar-refractivity contribution is 5.83. The number of carbonyl (C=O) groups is 2. The van der Waals surface area contributed by atoms with E-state index in [4.69, 9.17) is 5.73 Å². The maximum absolute atomic E-state index is 12.4. The van der Waals surface area contributed by atoms with Gasteiger partial charge in [0.1, 0.15) is 6.04 Å². The Morgan fingerprint density at radius 3 is 2.10 bits per heavy atom. The van der Waals surface area contributed by atoms with Gasteiger partial charge in [-0.25, -0.2) is 4.79 Å². The molecule has 6 heteroatoms. The fourth-order valence-electron chi connectivity index (χ4n) is 2.40. The Morgan fingerprint density at radius 2 is 1.57 bits per heavy atom. The number of amides is 3. The minimum atomic E-state index is -0.637. The molecule has 0 spiro atoms. The summed E-state index contributed by atoms with van der Waals surface area (Å²) in [4.78, 5) is 29.3. The highest BCUT2D eigenvalue weighted by Gasteiger charge is 2.28. The zero-order chi connectivity index (χ0) is 15.4. The van der Waals surface area contributed by atoms with Crippen molar-refractivity contribution in [2.24, 2.45) is 5.73 Å². The number of urea groups is 1. The summed E-state index contributed by atoms with van der Waals surface area (Å²) in [5, 5.41) is 0. The second-order valence-corrected chi connectivity index (χ2v) is 5.38. The number of benzene rings is 1. The predicted octanol–water partition coefficient (Wildman–Crippen LogP) is 0.512. The monoisotopic (exact) mass is 290 g/mol. The lowest BCUT2D eigenvalue weighted by Crippen LogP contribution is -2.54. The maximum atomic E-state index is 12.4. The van der Waals surface area contributed by atoms with Gasteiger partial charge >= 0.3 is 6.03 Å². The SMILES string of the molecule is CN(C)C(=O)N1CCN(C(=O)C(N)c2ccccc2)CC1. The summed E-state index contributed by atoms with van der Waals surface area (Å²) >= 11 is 0. The zero-order valence-electron chi connectivity index (χ0n) is 12.5. The number of hydrogen-bond acceptors (Lipinski definition) is 3. The van der Waals surface area contributed by atoms with Crippen LogP contribution in [0.1, 0.15) is 11.6 Å². The average Bonchev–Trinajstić information content (AvgIpc) is 2.53. The Hall–Kier alpha value is -2.08. The highest BCUT2D eigenvalue weighted by atomic mass is 16.2. The molecule has 1 aromatic rings. The summed E-state index contributed by atoms with van der Waals surface area (Å²) in [6.45, 7) is 2.15. The number of hydrogen-bond donors (Lipinski definition) is 1. The first-order valence-electron chi connectivity index (χ1n) is 7.06. The number of piperazine rings is 1. The van der Waals surface area contributed by atoms with Gasteiger partial charge < -0.3 is 20.4 Å². The second-order valence-electron chi connectivity index (χ2n) is 5.38. The van der Waals surface area contributed by atoms with Crippen molar-refractivity contribution in [2.75, 3.05) is 40.3 Å². The van der Waals surface area contributed by atoms with Crippen molar-refractivity contribution >= 4 is 11.9 Å². The van der Waals surface area contributed by atoms with E-state index in [1.165, 1.54) is 0 Å². The van der Waals surface area contributed by atoms with Crippen molar-refractivity contribution in [2.45, 2.75) is 6.04 Å². The van der Waals surface area contributed by atoms with Crippen molar-refractivity contribution in [3.8, 4) is 0 Å². The van der Waals surface area contributed by atoms with Crippen molar-refractivity contribution in [1.82, 2.24) is 14.7 Å². The molecule has 1 unspecified atom stereocenters. The Kier molecular flexibility index (Phi) is 4.80. The highest BCUT2D eigenvalue weighted by Crippen LogP contribution is 2.14. The smallest absolute Gasteiger partial charge is 0.319 e. The van der Waals surface area contributed by atoms with Crippen LogP contribution in [0.5, 0.6) is 0 Å². The maximum Gasteiger partial charge on any atom is 0.319 e. The standard InChI is InChI=1S/C15H22N4O2/c1-17(2)15(21)19-10-8-18(9-11-19)14(20)13(16)12-6-4-3-5-7-12/h3-7,13H,8-11,16H2,1-2H3. The Labute approximate surface area is 125 Å². The number of nitrogens with zero attached hydrogens (tertiary/aromatic N) is 3. The summed E-state index contributed by atoms with van der Waals surface area (Å²) in [5.74, 6) is -0.0850. The molecule has 0 radical (unpaired) electrons. The van der Waals surface area contributed by atoms with Crippen molar-refractivity contribution < 1.29 is 9.59 Å². The molecular weight excluding hydrogens is 268 g/mol. The van der Waals surface area contributed by atoms with Gasteiger partial charge in [0.25, 0.3) is 0 Å². The summed E-state index contributed by atoms with van der Waals surface area (Å²) in [6, 6.07) is 8.69. The van der Waals surface area contributed by atoms with Crippen molar-refractivity contribution in [1.29, 1.82) is 0 Å². The van der Waals surface area contributed by atoms with Gasteiger partial charge in [-0.15, -0.1) is 0 Å². The van der Waals surface area contributed by atoms with E-state index >= 15 is 0 Å². The summed E-state index contributed by atoms with van der Waals surface area (Å²) in [5.41, 5.74) is 6.85. The van der Waals surface area contributed by atoms with Gasteiger partial charge in [0.2, 0.25) is 5.91 Å². The van der Waals surface area contributed by atoms with E-state index in [1.54, 1.807) is 28.8 Å². The lowest BCUT2D eigenvalue weighted by Gasteiger charge is -2.36. The van der Waals surface area contributed by atoms with Gasteiger partial charge in [-0.2, -0.15) is 0 Å². The fraction of sp³-hybridized carbons (Fsp3) is 0.467. The molecule has 1 fully saturated rings. The summed E-state index contributed by atoms with van der Waals surface area (Å²) in [6.07, 6.45) is 0. The molecule has 0 saturated carbocycles. The topological polar surface area (TPSA) is 69.9 Å². The first kappa shape index (κ1) is 15.3. The Bertz CT molecular complexity index is 496. The van der Waals surface area contributed by atoms with Gasteiger partial charge in [0.15, 0.2) is 0 Å². The average molecular weight is 290 g/mol. The molecule has 2 N–H and O–H groups in total. The van der Waals surface area contributed by atoms with Crippen molar-refractivity contribution in [3.05, 3.63) is 35.9 Å². The predicted molar refractivity (Wildman–Crippen MR) is 80.6 cm³/mol. The molecule has 0 bridgehead atoms. The lowest BCUT2D eigenvalue weighted by molar-refractivity contribution is -0.134. The van der Waals surface area contributed by atoms with Gasteiger partial charge in [-0.3, -0.25) is 4.79 Å². The summed E-state index contributed by atoms with van der Waals surface area (Å²) in [7, 11) is 3.45. The molecule has 114 valence electrons. The van der Waals surface area contributed by atoms with Crippen LogP contribution < -0.4 is 5.73 Å². The van der Waals surface area contributed by atoms with E-state index < -0.39 is 6.04 Å². The molecular formula is C15H22N4O2. The fourth-order valence-corrected chi connectivity index (χ4v) is 2.40. The lowest BCUT2D eigenvalue weighted by atomic mass is 10.1. The van der Waals surface area contributed by atoms with Crippen LogP contribution in [0.15, 0.2) is 30.3 Å². The molecule has 6 nitrogen and oxygen atoms in total. The van der Waals surface area contributed by atoms with Crippen LogP contribution in [-0.2, 0) is 4.79 Å². The summed E-state index contributed by atoms with van der Waals surface area (Å²) < 4.78 is 0.